The van der Waals surface area contributed by atoms with Crippen LogP contribution >= 0.6 is 15.9 Å². The molecule has 2 rings (SSSR count). The van der Waals surface area contributed by atoms with Crippen LogP contribution in [0.3, 0.4) is 0 Å². The molecule has 5 heteroatoms. The summed E-state index contributed by atoms with van der Waals surface area (Å²) < 4.78 is 19.4. The van der Waals surface area contributed by atoms with E-state index in [9.17, 15) is 4.39 Å². The Morgan fingerprint density at radius 2 is 2.10 bits per heavy atom. The van der Waals surface area contributed by atoms with Gasteiger partial charge < -0.3 is 10.1 Å². The van der Waals surface area contributed by atoms with Crippen molar-refractivity contribution < 1.29 is 9.13 Å². The molecule has 21 heavy (non-hydrogen) atoms. The summed E-state index contributed by atoms with van der Waals surface area (Å²) in [6, 6.07) is 8.85. The van der Waals surface area contributed by atoms with Crippen LogP contribution in [-0.4, -0.2) is 11.0 Å². The maximum absolute atomic E-state index is 13.2. The van der Waals surface area contributed by atoms with Gasteiger partial charge in [-0.2, -0.15) is 0 Å². The second kappa shape index (κ2) is 7.52. The molecule has 0 bridgehead atoms. The van der Waals surface area contributed by atoms with E-state index in [0.29, 0.717) is 22.9 Å². The minimum absolute atomic E-state index is 0.313. The van der Waals surface area contributed by atoms with Crippen LogP contribution < -0.4 is 10.1 Å². The van der Waals surface area contributed by atoms with Gasteiger partial charge in [0.05, 0.1) is 5.69 Å². The molecule has 1 heterocycles. The van der Waals surface area contributed by atoms with Crippen molar-refractivity contribution in [1.29, 1.82) is 0 Å². The number of nitrogens with one attached hydrogen (secondary N) is 1. The number of hydrogen-bond acceptors (Lipinski definition) is 3. The van der Waals surface area contributed by atoms with Crippen molar-refractivity contribution in [3.63, 3.8) is 0 Å². The lowest BCUT2D eigenvalue weighted by molar-refractivity contribution is 0.299. The lowest BCUT2D eigenvalue weighted by atomic mass is 10.2. The van der Waals surface area contributed by atoms with Crippen molar-refractivity contribution in [3.8, 4) is 5.75 Å². The van der Waals surface area contributed by atoms with Gasteiger partial charge >= 0.3 is 0 Å². The molecule has 0 unspecified atom stereocenters. The molecule has 3 nitrogen and oxygen atoms in total. The highest BCUT2D eigenvalue weighted by Gasteiger charge is 2.02. The second-order valence-corrected chi connectivity index (χ2v) is 6.00. The number of halogens is 2. The molecule has 2 aromatic rings. The zero-order valence-electron chi connectivity index (χ0n) is 12.1. The molecule has 0 saturated carbocycles. The Kier molecular flexibility index (Phi) is 5.70. The first-order valence-corrected chi connectivity index (χ1v) is 7.58. The van der Waals surface area contributed by atoms with Gasteiger partial charge in [0.15, 0.2) is 0 Å². The summed E-state index contributed by atoms with van der Waals surface area (Å²) >= 11 is 3.24. The minimum atomic E-state index is -0.331. The summed E-state index contributed by atoms with van der Waals surface area (Å²) in [4.78, 5) is 4.35. The number of benzene rings is 1. The van der Waals surface area contributed by atoms with Gasteiger partial charge in [0, 0.05) is 29.3 Å². The van der Waals surface area contributed by atoms with Crippen LogP contribution in [0.4, 0.5) is 4.39 Å². The van der Waals surface area contributed by atoms with E-state index >= 15 is 0 Å². The van der Waals surface area contributed by atoms with Crippen LogP contribution in [0.15, 0.2) is 41.0 Å². The molecule has 112 valence electrons. The fraction of sp³-hybridized carbons (Fsp3) is 0.312. The molecular weight excluding hydrogens is 335 g/mol. The van der Waals surface area contributed by atoms with E-state index in [1.165, 1.54) is 12.1 Å². The van der Waals surface area contributed by atoms with Crippen LogP contribution in [0.25, 0.3) is 0 Å². The van der Waals surface area contributed by atoms with Crippen LogP contribution in [0.5, 0.6) is 5.75 Å². The van der Waals surface area contributed by atoms with Gasteiger partial charge in [-0.05, 0) is 23.8 Å². The average molecular weight is 353 g/mol. The standard InChI is InChI=1S/C16H18BrFN2O/c1-11(2)19-8-12-3-4-15(20-9-12)10-21-16-6-13(17)5-14(18)7-16/h3-7,9,11,19H,8,10H2,1-2H3. The van der Waals surface area contributed by atoms with Crippen molar-refractivity contribution in [2.24, 2.45) is 0 Å². The summed E-state index contributed by atoms with van der Waals surface area (Å²) in [6.45, 7) is 5.32. The van der Waals surface area contributed by atoms with Gasteiger partial charge in [-0.25, -0.2) is 4.39 Å². The van der Waals surface area contributed by atoms with Crippen molar-refractivity contribution in [1.82, 2.24) is 10.3 Å². The van der Waals surface area contributed by atoms with Gasteiger partial charge in [0.25, 0.3) is 0 Å². The van der Waals surface area contributed by atoms with Crippen LogP contribution in [0.1, 0.15) is 25.1 Å². The Balaban J connectivity index is 1.91. The van der Waals surface area contributed by atoms with Gasteiger partial charge in [0.1, 0.15) is 18.2 Å². The van der Waals surface area contributed by atoms with Crippen molar-refractivity contribution >= 4 is 15.9 Å². The first kappa shape index (κ1) is 15.9. The zero-order valence-corrected chi connectivity index (χ0v) is 13.7. The van der Waals surface area contributed by atoms with Crippen molar-refractivity contribution in [2.45, 2.75) is 33.0 Å². The second-order valence-electron chi connectivity index (χ2n) is 5.09. The number of rotatable bonds is 6. The minimum Gasteiger partial charge on any atom is -0.487 e. The molecule has 1 N–H and O–H groups in total. The Morgan fingerprint density at radius 3 is 2.71 bits per heavy atom. The van der Waals surface area contributed by atoms with E-state index in [1.807, 2.05) is 18.3 Å². The lowest BCUT2D eigenvalue weighted by Gasteiger charge is -2.09. The third kappa shape index (κ3) is 5.44. The van der Waals surface area contributed by atoms with E-state index in [-0.39, 0.29) is 5.82 Å². The topological polar surface area (TPSA) is 34.1 Å². The largest absolute Gasteiger partial charge is 0.487 e. The summed E-state index contributed by atoms with van der Waals surface area (Å²) in [5.41, 5.74) is 1.93. The first-order valence-electron chi connectivity index (χ1n) is 6.79. The molecular formula is C16H18BrFN2O. The Morgan fingerprint density at radius 1 is 1.29 bits per heavy atom. The normalized spacial score (nSPS) is 10.9. The highest BCUT2D eigenvalue weighted by molar-refractivity contribution is 9.10. The molecule has 0 amide bonds. The Labute approximate surface area is 132 Å². The number of aromatic nitrogens is 1. The molecule has 0 aliphatic heterocycles. The van der Waals surface area contributed by atoms with E-state index in [1.54, 1.807) is 6.07 Å². The monoisotopic (exact) mass is 352 g/mol. The van der Waals surface area contributed by atoms with Gasteiger partial charge in [-0.3, -0.25) is 4.98 Å². The van der Waals surface area contributed by atoms with Gasteiger partial charge in [0.2, 0.25) is 0 Å². The number of ether oxygens (including phenoxy) is 1. The maximum Gasteiger partial charge on any atom is 0.130 e. The third-order valence-electron chi connectivity index (χ3n) is 2.82. The molecule has 0 radical (unpaired) electrons. The van der Waals surface area contributed by atoms with E-state index in [4.69, 9.17) is 4.74 Å². The maximum atomic E-state index is 13.2. The van der Waals surface area contributed by atoms with Crippen LogP contribution in [0.2, 0.25) is 0 Å². The predicted octanol–water partition coefficient (Wildman–Crippen LogP) is 4.06. The number of hydrogen-bond donors (Lipinski definition) is 1. The lowest BCUT2D eigenvalue weighted by Crippen LogP contribution is -2.21. The summed E-state index contributed by atoms with van der Waals surface area (Å²) in [5.74, 6) is 0.150. The highest BCUT2D eigenvalue weighted by atomic mass is 79.9. The molecule has 0 atom stereocenters. The van der Waals surface area contributed by atoms with Crippen molar-refractivity contribution in [3.05, 3.63) is 58.1 Å². The fourth-order valence-electron chi connectivity index (χ4n) is 1.74. The molecule has 0 aliphatic rings. The Hall–Kier alpha value is -1.46. The quantitative estimate of drug-likeness (QED) is 0.851. The Bertz CT molecular complexity index is 567. The summed E-state index contributed by atoms with van der Waals surface area (Å²) in [6.07, 6.45) is 1.83. The molecule has 1 aromatic heterocycles. The zero-order chi connectivity index (χ0) is 15.2. The van der Waals surface area contributed by atoms with Crippen LogP contribution in [0, 0.1) is 5.82 Å². The summed E-state index contributed by atoms with van der Waals surface area (Å²) in [7, 11) is 0. The van der Waals surface area contributed by atoms with E-state index < -0.39 is 0 Å². The molecule has 0 aliphatic carbocycles. The fourth-order valence-corrected chi connectivity index (χ4v) is 2.18. The molecule has 0 spiro atoms. The molecule has 0 fully saturated rings. The molecule has 1 aromatic carbocycles. The van der Waals surface area contributed by atoms with E-state index in [0.717, 1.165) is 17.8 Å². The highest BCUT2D eigenvalue weighted by Crippen LogP contribution is 2.21. The molecule has 0 saturated heterocycles. The van der Waals surface area contributed by atoms with Crippen LogP contribution in [-0.2, 0) is 13.2 Å². The van der Waals surface area contributed by atoms with Gasteiger partial charge in [-0.15, -0.1) is 0 Å². The van der Waals surface area contributed by atoms with Gasteiger partial charge in [-0.1, -0.05) is 35.8 Å². The number of pyridine rings is 1. The first-order chi connectivity index (χ1) is 10.0. The number of nitrogens with zero attached hydrogens (tertiary/aromatic N) is 1. The van der Waals surface area contributed by atoms with Crippen molar-refractivity contribution in [2.75, 3.05) is 0 Å². The smallest absolute Gasteiger partial charge is 0.130 e. The average Bonchev–Trinajstić information content (AvgIpc) is 2.43. The third-order valence-corrected chi connectivity index (χ3v) is 3.28. The SMILES string of the molecule is CC(C)NCc1ccc(COc2cc(F)cc(Br)c2)nc1. The predicted molar refractivity (Wildman–Crippen MR) is 84.6 cm³/mol. The summed E-state index contributed by atoms with van der Waals surface area (Å²) in [5, 5.41) is 3.33. The van der Waals surface area contributed by atoms with E-state index in [2.05, 4.69) is 40.1 Å².